The highest BCUT2D eigenvalue weighted by atomic mass is 35.5. The van der Waals surface area contributed by atoms with Crippen molar-refractivity contribution in [2.24, 2.45) is 5.73 Å². The molecule has 0 bridgehead atoms. The first kappa shape index (κ1) is 21.6. The molecule has 29 heavy (non-hydrogen) atoms. The molecule has 10 heteroatoms. The van der Waals surface area contributed by atoms with Crippen LogP contribution in [-0.2, 0) is 4.79 Å². The molecular weight excluding hydrogens is 435 g/mol. The summed E-state index contributed by atoms with van der Waals surface area (Å²) in [6.07, 6.45) is 0.285. The van der Waals surface area contributed by atoms with Gasteiger partial charge in [-0.3, -0.25) is 19.3 Å². The third kappa shape index (κ3) is 5.48. The lowest BCUT2D eigenvalue weighted by atomic mass is 10.1. The first-order valence-electron chi connectivity index (χ1n) is 8.99. The molecule has 1 fully saturated rings. The van der Waals surface area contributed by atoms with Crippen LogP contribution in [0.5, 0.6) is 0 Å². The van der Waals surface area contributed by atoms with Crippen molar-refractivity contribution in [3.63, 3.8) is 0 Å². The van der Waals surface area contributed by atoms with Crippen LogP contribution in [0, 0.1) is 0 Å². The van der Waals surface area contributed by atoms with Gasteiger partial charge >= 0.3 is 0 Å². The van der Waals surface area contributed by atoms with E-state index in [4.69, 9.17) is 28.9 Å². The van der Waals surface area contributed by atoms with E-state index in [0.717, 1.165) is 0 Å². The Hall–Kier alpha value is -2.13. The maximum Gasteiger partial charge on any atom is 0.255 e. The van der Waals surface area contributed by atoms with Crippen LogP contribution < -0.4 is 11.1 Å². The molecule has 0 saturated carbocycles. The molecule has 2 heterocycles. The minimum atomic E-state index is -0.567. The summed E-state index contributed by atoms with van der Waals surface area (Å²) in [4.78, 5) is 40.0. The van der Waals surface area contributed by atoms with Crippen molar-refractivity contribution in [3.05, 3.63) is 50.8 Å². The SMILES string of the molecule is NC(=O)c1ccsc1NC(=O)CCN1CCN(C(=O)c2ccc(Cl)cc2Cl)CC1. The van der Waals surface area contributed by atoms with Gasteiger partial charge in [-0.25, -0.2) is 0 Å². The van der Waals surface area contributed by atoms with Crippen LogP contribution in [0.2, 0.25) is 10.0 Å². The number of amides is 3. The lowest BCUT2D eigenvalue weighted by molar-refractivity contribution is -0.116. The van der Waals surface area contributed by atoms with E-state index in [9.17, 15) is 14.4 Å². The summed E-state index contributed by atoms with van der Waals surface area (Å²) in [5, 5.41) is 5.73. The van der Waals surface area contributed by atoms with E-state index in [1.807, 2.05) is 0 Å². The second kappa shape index (κ2) is 9.58. The molecule has 2 aromatic rings. The fourth-order valence-corrected chi connectivity index (χ4v) is 4.35. The minimum Gasteiger partial charge on any atom is -0.366 e. The number of nitrogens with one attached hydrogen (secondary N) is 1. The highest BCUT2D eigenvalue weighted by Gasteiger charge is 2.24. The molecule has 0 aliphatic carbocycles. The Bertz CT molecular complexity index is 926. The summed E-state index contributed by atoms with van der Waals surface area (Å²) < 4.78 is 0. The molecule has 7 nitrogen and oxygen atoms in total. The number of rotatable bonds is 6. The van der Waals surface area contributed by atoms with Gasteiger partial charge in [-0.2, -0.15) is 0 Å². The topological polar surface area (TPSA) is 95.7 Å². The highest BCUT2D eigenvalue weighted by Crippen LogP contribution is 2.24. The molecule has 0 atom stereocenters. The predicted octanol–water partition coefficient (Wildman–Crippen LogP) is 2.94. The molecule has 0 spiro atoms. The van der Waals surface area contributed by atoms with Crippen molar-refractivity contribution in [3.8, 4) is 0 Å². The number of piperazine rings is 1. The van der Waals surface area contributed by atoms with Crippen LogP contribution >= 0.6 is 34.5 Å². The number of thiophene rings is 1. The van der Waals surface area contributed by atoms with Gasteiger partial charge in [-0.15, -0.1) is 11.3 Å². The summed E-state index contributed by atoms with van der Waals surface area (Å²) >= 11 is 13.3. The van der Waals surface area contributed by atoms with Crippen molar-refractivity contribution >= 4 is 57.3 Å². The van der Waals surface area contributed by atoms with Crippen LogP contribution in [-0.4, -0.2) is 60.2 Å². The molecule has 1 aromatic carbocycles. The largest absolute Gasteiger partial charge is 0.366 e. The maximum absolute atomic E-state index is 12.6. The van der Waals surface area contributed by atoms with Crippen molar-refractivity contribution in [2.45, 2.75) is 6.42 Å². The van der Waals surface area contributed by atoms with E-state index in [2.05, 4.69) is 10.2 Å². The standard InChI is InChI=1S/C19H20Cl2N4O3S/c20-12-1-2-13(15(21)11-12)19(28)25-8-6-24(7-9-25)5-3-16(26)23-18-14(17(22)27)4-10-29-18/h1-2,4,10-11H,3,5-9H2,(H2,22,27)(H,23,26). The van der Waals surface area contributed by atoms with Gasteiger partial charge in [0.05, 0.1) is 16.1 Å². The molecule has 1 aliphatic rings. The van der Waals surface area contributed by atoms with Gasteiger partial charge in [0, 0.05) is 44.2 Å². The zero-order valence-electron chi connectivity index (χ0n) is 15.5. The third-order valence-electron chi connectivity index (χ3n) is 4.66. The normalized spacial score (nSPS) is 14.6. The molecule has 3 amide bonds. The van der Waals surface area contributed by atoms with Gasteiger partial charge in [-0.05, 0) is 29.6 Å². The number of hydrogen-bond donors (Lipinski definition) is 2. The van der Waals surface area contributed by atoms with Gasteiger partial charge < -0.3 is 16.0 Å². The highest BCUT2D eigenvalue weighted by molar-refractivity contribution is 7.14. The number of halogens is 2. The molecule has 1 saturated heterocycles. The molecule has 0 radical (unpaired) electrons. The summed E-state index contributed by atoms with van der Waals surface area (Å²) in [5.74, 6) is -0.870. The zero-order valence-corrected chi connectivity index (χ0v) is 17.8. The van der Waals surface area contributed by atoms with Crippen molar-refractivity contribution in [1.82, 2.24) is 9.80 Å². The average Bonchev–Trinajstić information content (AvgIpc) is 3.15. The monoisotopic (exact) mass is 454 g/mol. The van der Waals surface area contributed by atoms with Crippen LogP contribution in [0.1, 0.15) is 27.1 Å². The summed E-state index contributed by atoms with van der Waals surface area (Å²) in [5.41, 5.74) is 6.03. The van der Waals surface area contributed by atoms with E-state index >= 15 is 0 Å². The lowest BCUT2D eigenvalue weighted by Gasteiger charge is -2.34. The average molecular weight is 455 g/mol. The quantitative estimate of drug-likeness (QED) is 0.700. The minimum absolute atomic E-state index is 0.124. The summed E-state index contributed by atoms with van der Waals surface area (Å²) in [7, 11) is 0. The first-order chi connectivity index (χ1) is 13.8. The number of anilines is 1. The van der Waals surface area contributed by atoms with Crippen LogP contribution in [0.25, 0.3) is 0 Å². The van der Waals surface area contributed by atoms with Gasteiger partial charge in [0.1, 0.15) is 5.00 Å². The maximum atomic E-state index is 12.6. The summed E-state index contributed by atoms with van der Waals surface area (Å²) in [6, 6.07) is 6.43. The summed E-state index contributed by atoms with van der Waals surface area (Å²) in [6.45, 7) is 2.99. The van der Waals surface area contributed by atoms with Gasteiger partial charge in [-0.1, -0.05) is 23.2 Å². The number of nitrogens with zero attached hydrogens (tertiary/aromatic N) is 2. The number of carbonyl (C=O) groups is 3. The van der Waals surface area contributed by atoms with Crippen molar-refractivity contribution in [2.75, 3.05) is 38.0 Å². The van der Waals surface area contributed by atoms with E-state index in [1.54, 1.807) is 34.5 Å². The van der Waals surface area contributed by atoms with Crippen molar-refractivity contribution < 1.29 is 14.4 Å². The molecule has 3 rings (SSSR count). The molecule has 3 N–H and O–H groups in total. The van der Waals surface area contributed by atoms with Gasteiger partial charge in [0.25, 0.3) is 11.8 Å². The van der Waals surface area contributed by atoms with E-state index in [-0.39, 0.29) is 18.2 Å². The van der Waals surface area contributed by atoms with E-state index in [1.165, 1.54) is 11.3 Å². The Morgan fingerprint density at radius 2 is 1.79 bits per heavy atom. The molecule has 1 aliphatic heterocycles. The number of benzene rings is 1. The van der Waals surface area contributed by atoms with Crippen LogP contribution in [0.3, 0.4) is 0 Å². The molecule has 1 aromatic heterocycles. The molecule has 0 unspecified atom stereocenters. The Morgan fingerprint density at radius 3 is 2.45 bits per heavy atom. The second-order valence-electron chi connectivity index (χ2n) is 6.58. The number of hydrogen-bond acceptors (Lipinski definition) is 5. The predicted molar refractivity (Wildman–Crippen MR) is 115 cm³/mol. The zero-order chi connectivity index (χ0) is 21.0. The second-order valence-corrected chi connectivity index (χ2v) is 8.34. The Balaban J connectivity index is 1.46. The lowest BCUT2D eigenvalue weighted by Crippen LogP contribution is -2.49. The smallest absolute Gasteiger partial charge is 0.255 e. The molecule has 154 valence electrons. The first-order valence-corrected chi connectivity index (χ1v) is 10.6. The van der Waals surface area contributed by atoms with Crippen LogP contribution in [0.4, 0.5) is 5.00 Å². The van der Waals surface area contributed by atoms with Gasteiger partial charge in [0.2, 0.25) is 5.91 Å². The van der Waals surface area contributed by atoms with E-state index in [0.29, 0.717) is 58.9 Å². The van der Waals surface area contributed by atoms with E-state index < -0.39 is 5.91 Å². The van der Waals surface area contributed by atoms with Gasteiger partial charge in [0.15, 0.2) is 0 Å². The molecular formula is C19H20Cl2N4O3S. The number of primary amides is 1. The Kier molecular flexibility index (Phi) is 7.13. The Labute approximate surface area is 182 Å². The Morgan fingerprint density at radius 1 is 1.07 bits per heavy atom. The van der Waals surface area contributed by atoms with Crippen molar-refractivity contribution in [1.29, 1.82) is 0 Å². The third-order valence-corrected chi connectivity index (χ3v) is 6.04. The van der Waals surface area contributed by atoms with Crippen LogP contribution in [0.15, 0.2) is 29.6 Å². The fourth-order valence-electron chi connectivity index (χ4n) is 3.06. The number of carbonyl (C=O) groups excluding carboxylic acids is 3. The number of nitrogens with two attached hydrogens (primary N) is 1. The fraction of sp³-hybridized carbons (Fsp3) is 0.316.